The number of anilines is 2. The topological polar surface area (TPSA) is 32.5 Å². The summed E-state index contributed by atoms with van der Waals surface area (Å²) < 4.78 is 0. The Morgan fingerprint density at radius 1 is 1.05 bits per heavy atom. The Kier molecular flexibility index (Phi) is 4.04. The van der Waals surface area contributed by atoms with Crippen molar-refractivity contribution in [1.29, 1.82) is 0 Å². The predicted octanol–water partition coefficient (Wildman–Crippen LogP) is 3.30. The fourth-order valence-corrected chi connectivity index (χ4v) is 3.11. The average Bonchev–Trinajstić information content (AvgIpc) is 2.52. The van der Waals surface area contributed by atoms with Crippen molar-refractivity contribution in [1.82, 2.24) is 0 Å². The van der Waals surface area contributed by atoms with Gasteiger partial charge in [-0.3, -0.25) is 0 Å². The van der Waals surface area contributed by atoms with E-state index >= 15 is 0 Å². The zero-order valence-electron chi connectivity index (χ0n) is 12.2. The van der Waals surface area contributed by atoms with Crippen molar-refractivity contribution in [3.8, 4) is 0 Å². The molecule has 0 saturated carbocycles. The molecule has 1 atom stereocenters. The van der Waals surface area contributed by atoms with Gasteiger partial charge in [0.15, 0.2) is 0 Å². The van der Waals surface area contributed by atoms with Crippen LogP contribution in [0.2, 0.25) is 5.02 Å². The predicted molar refractivity (Wildman–Crippen MR) is 90.3 cm³/mol. The lowest BCUT2D eigenvalue weighted by molar-refractivity contribution is 0.610. The highest BCUT2D eigenvalue weighted by molar-refractivity contribution is 6.30. The van der Waals surface area contributed by atoms with E-state index in [1.54, 1.807) is 0 Å². The summed E-state index contributed by atoms with van der Waals surface area (Å²) in [5.41, 5.74) is 9.79. The van der Waals surface area contributed by atoms with Crippen LogP contribution in [0.25, 0.3) is 0 Å². The first-order chi connectivity index (χ1) is 10.2. The number of halogens is 1. The van der Waals surface area contributed by atoms with Gasteiger partial charge >= 0.3 is 0 Å². The van der Waals surface area contributed by atoms with E-state index in [4.69, 9.17) is 17.3 Å². The van der Waals surface area contributed by atoms with Gasteiger partial charge < -0.3 is 15.5 Å². The third kappa shape index (κ3) is 2.71. The third-order valence-electron chi connectivity index (χ3n) is 4.13. The van der Waals surface area contributed by atoms with E-state index in [0.29, 0.717) is 6.54 Å². The van der Waals surface area contributed by atoms with E-state index in [9.17, 15) is 0 Å². The van der Waals surface area contributed by atoms with Crippen molar-refractivity contribution in [2.75, 3.05) is 36.5 Å². The Bertz CT molecular complexity index is 612. The van der Waals surface area contributed by atoms with E-state index in [2.05, 4.69) is 53.2 Å². The Hall–Kier alpha value is -1.71. The second kappa shape index (κ2) is 5.96. The molecule has 1 heterocycles. The van der Waals surface area contributed by atoms with Crippen LogP contribution >= 0.6 is 11.6 Å². The summed E-state index contributed by atoms with van der Waals surface area (Å²) in [4.78, 5) is 4.69. The maximum atomic E-state index is 6.08. The number of fused-ring (bicyclic) bond motifs is 1. The summed E-state index contributed by atoms with van der Waals surface area (Å²) in [5, 5.41) is 0.758. The Morgan fingerprint density at radius 2 is 1.71 bits per heavy atom. The molecule has 0 radical (unpaired) electrons. The van der Waals surface area contributed by atoms with Gasteiger partial charge in [-0.05, 0) is 29.8 Å². The summed E-state index contributed by atoms with van der Waals surface area (Å²) in [6.45, 7) is 2.55. The fraction of sp³-hybridized carbons (Fsp3) is 0.294. The molecule has 1 aliphatic heterocycles. The van der Waals surface area contributed by atoms with Crippen molar-refractivity contribution in [2.45, 2.75) is 6.04 Å². The normalized spacial score (nSPS) is 15.8. The monoisotopic (exact) mass is 301 g/mol. The molecule has 4 heteroatoms. The molecule has 3 rings (SSSR count). The summed E-state index contributed by atoms with van der Waals surface area (Å²) in [6.07, 6.45) is 0. The molecule has 0 aromatic heterocycles. The van der Waals surface area contributed by atoms with Crippen molar-refractivity contribution < 1.29 is 0 Å². The van der Waals surface area contributed by atoms with Gasteiger partial charge in [0.25, 0.3) is 0 Å². The van der Waals surface area contributed by atoms with Gasteiger partial charge in [0.2, 0.25) is 0 Å². The van der Waals surface area contributed by atoms with Crippen LogP contribution in [0, 0.1) is 0 Å². The highest BCUT2D eigenvalue weighted by Crippen LogP contribution is 2.37. The number of nitrogens with zero attached hydrogens (tertiary/aromatic N) is 2. The third-order valence-corrected chi connectivity index (χ3v) is 4.38. The molecule has 1 aliphatic rings. The summed E-state index contributed by atoms with van der Waals surface area (Å²) >= 11 is 5.99. The molecule has 3 nitrogen and oxygen atoms in total. The molecule has 0 amide bonds. The number of hydrogen-bond acceptors (Lipinski definition) is 3. The number of rotatable bonds is 3. The van der Waals surface area contributed by atoms with Crippen LogP contribution in [-0.2, 0) is 0 Å². The van der Waals surface area contributed by atoms with Crippen LogP contribution in [0.5, 0.6) is 0 Å². The van der Waals surface area contributed by atoms with Crippen molar-refractivity contribution >= 4 is 23.0 Å². The first-order valence-corrected chi connectivity index (χ1v) is 7.61. The molecule has 0 spiro atoms. The smallest absolute Gasteiger partial charge is 0.0666 e. The van der Waals surface area contributed by atoms with Crippen molar-refractivity contribution in [3.05, 3.63) is 59.1 Å². The van der Waals surface area contributed by atoms with Crippen LogP contribution in [-0.4, -0.2) is 26.7 Å². The van der Waals surface area contributed by atoms with Gasteiger partial charge in [0.1, 0.15) is 0 Å². The Morgan fingerprint density at radius 3 is 2.38 bits per heavy atom. The minimum absolute atomic E-state index is 0.178. The molecular weight excluding hydrogens is 282 g/mol. The highest BCUT2D eigenvalue weighted by atomic mass is 35.5. The molecule has 0 bridgehead atoms. The molecule has 110 valence electrons. The lowest BCUT2D eigenvalue weighted by Gasteiger charge is -2.41. The van der Waals surface area contributed by atoms with E-state index in [0.717, 1.165) is 18.1 Å². The molecule has 2 aromatic carbocycles. The summed E-state index contributed by atoms with van der Waals surface area (Å²) in [6, 6.07) is 16.7. The minimum atomic E-state index is 0.178. The van der Waals surface area contributed by atoms with E-state index < -0.39 is 0 Å². The standard InChI is InChI=1S/C17H20ClN3/c1-20-10-11-21(16-5-3-2-4-15(16)20)17(12-19)13-6-8-14(18)9-7-13/h2-9,17H,10-12,19H2,1H3. The van der Waals surface area contributed by atoms with E-state index in [1.165, 1.54) is 16.9 Å². The Labute approximate surface area is 130 Å². The van der Waals surface area contributed by atoms with Gasteiger partial charge in [0.05, 0.1) is 17.4 Å². The van der Waals surface area contributed by atoms with Crippen molar-refractivity contribution in [3.63, 3.8) is 0 Å². The van der Waals surface area contributed by atoms with E-state index in [1.807, 2.05) is 12.1 Å². The summed E-state index contributed by atoms with van der Waals surface area (Å²) in [7, 11) is 2.13. The van der Waals surface area contributed by atoms with Crippen LogP contribution in [0.15, 0.2) is 48.5 Å². The van der Waals surface area contributed by atoms with Crippen LogP contribution < -0.4 is 15.5 Å². The first kappa shape index (κ1) is 14.2. The van der Waals surface area contributed by atoms with Crippen LogP contribution in [0.1, 0.15) is 11.6 Å². The van der Waals surface area contributed by atoms with Crippen LogP contribution in [0.3, 0.4) is 0 Å². The lowest BCUT2D eigenvalue weighted by atomic mass is 10.0. The van der Waals surface area contributed by atoms with Gasteiger partial charge in [-0.15, -0.1) is 0 Å². The number of benzene rings is 2. The van der Waals surface area contributed by atoms with E-state index in [-0.39, 0.29) is 6.04 Å². The van der Waals surface area contributed by atoms with Crippen LogP contribution in [0.4, 0.5) is 11.4 Å². The molecule has 2 aromatic rings. The number of nitrogens with two attached hydrogens (primary N) is 1. The second-order valence-corrected chi connectivity index (χ2v) is 5.84. The van der Waals surface area contributed by atoms with Gasteiger partial charge in [0, 0.05) is 31.7 Å². The number of likely N-dealkylation sites (N-methyl/N-ethyl adjacent to an activating group) is 1. The molecule has 1 unspecified atom stereocenters. The molecular formula is C17H20ClN3. The largest absolute Gasteiger partial charge is 0.371 e. The van der Waals surface area contributed by atoms with Gasteiger partial charge in [-0.1, -0.05) is 35.9 Å². The fourth-order valence-electron chi connectivity index (χ4n) is 2.98. The zero-order chi connectivity index (χ0) is 14.8. The summed E-state index contributed by atoms with van der Waals surface area (Å²) in [5.74, 6) is 0. The molecule has 0 fully saturated rings. The molecule has 0 aliphatic carbocycles. The first-order valence-electron chi connectivity index (χ1n) is 7.23. The second-order valence-electron chi connectivity index (χ2n) is 5.41. The highest BCUT2D eigenvalue weighted by Gasteiger charge is 2.26. The zero-order valence-corrected chi connectivity index (χ0v) is 12.9. The molecule has 2 N–H and O–H groups in total. The number of para-hydroxylation sites is 2. The van der Waals surface area contributed by atoms with Gasteiger partial charge in [-0.2, -0.15) is 0 Å². The quantitative estimate of drug-likeness (QED) is 0.944. The van der Waals surface area contributed by atoms with Gasteiger partial charge in [-0.25, -0.2) is 0 Å². The average molecular weight is 302 g/mol. The lowest BCUT2D eigenvalue weighted by Crippen LogP contribution is -2.43. The SMILES string of the molecule is CN1CCN(C(CN)c2ccc(Cl)cc2)c2ccccc21. The maximum Gasteiger partial charge on any atom is 0.0666 e. The maximum absolute atomic E-state index is 6.08. The minimum Gasteiger partial charge on any atom is -0.371 e. The number of hydrogen-bond donors (Lipinski definition) is 1. The molecule has 0 saturated heterocycles. The molecule has 21 heavy (non-hydrogen) atoms. The Balaban J connectivity index is 1.98. The van der Waals surface area contributed by atoms with Crippen molar-refractivity contribution in [2.24, 2.45) is 5.73 Å².